The van der Waals surface area contributed by atoms with Crippen LogP contribution in [0.5, 0.6) is 0 Å². The third-order valence-electron chi connectivity index (χ3n) is 8.80. The molecule has 0 aliphatic carbocycles. The van der Waals surface area contributed by atoms with Gasteiger partial charge in [0.25, 0.3) is 0 Å². The molecule has 37 heavy (non-hydrogen) atoms. The van der Waals surface area contributed by atoms with Gasteiger partial charge in [-0.1, -0.05) is 72.2 Å². The van der Waals surface area contributed by atoms with Gasteiger partial charge in [0.1, 0.15) is 0 Å². The second kappa shape index (κ2) is 11.3. The first-order valence-electron chi connectivity index (χ1n) is 13.9. The summed E-state index contributed by atoms with van der Waals surface area (Å²) in [7, 11) is 0. The number of carbonyl (C=O) groups is 2. The van der Waals surface area contributed by atoms with E-state index in [4.69, 9.17) is 0 Å². The Balaban J connectivity index is 1.20. The lowest BCUT2D eigenvalue weighted by Crippen LogP contribution is -2.46. The van der Waals surface area contributed by atoms with E-state index in [9.17, 15) is 9.59 Å². The first-order valence-corrected chi connectivity index (χ1v) is 14.7. The highest BCUT2D eigenvalue weighted by Gasteiger charge is 2.48. The second-order valence-corrected chi connectivity index (χ2v) is 12.8. The molecular weight excluding hydrogens is 526 g/mol. The van der Waals surface area contributed by atoms with Crippen LogP contribution < -0.4 is 0 Å². The predicted molar refractivity (Wildman–Crippen MR) is 151 cm³/mol. The van der Waals surface area contributed by atoms with Crippen molar-refractivity contribution in [2.24, 2.45) is 17.3 Å². The number of piperidine rings is 1. The largest absolute Gasteiger partial charge is 0.342 e. The number of carbonyl (C=O) groups excluding carboxylic acids is 2. The van der Waals surface area contributed by atoms with Crippen LogP contribution in [0.2, 0.25) is 0 Å². The molecule has 0 aromatic heterocycles. The minimum atomic E-state index is -0.181. The number of rotatable bonds is 7. The molecule has 3 saturated heterocycles. The number of hydrogen-bond donors (Lipinski definition) is 0. The van der Waals surface area contributed by atoms with Crippen LogP contribution in [0.15, 0.2) is 59.1 Å². The van der Waals surface area contributed by atoms with Crippen LogP contribution in [-0.2, 0) is 16.1 Å². The molecule has 5 rings (SSSR count). The van der Waals surface area contributed by atoms with Crippen molar-refractivity contribution in [3.8, 4) is 0 Å². The fourth-order valence-corrected chi connectivity index (χ4v) is 6.89. The molecule has 6 heteroatoms. The summed E-state index contributed by atoms with van der Waals surface area (Å²) in [6.07, 6.45) is 3.49. The van der Waals surface area contributed by atoms with Crippen molar-refractivity contribution in [3.05, 3.63) is 70.2 Å². The molecule has 1 spiro atoms. The molecule has 3 heterocycles. The van der Waals surface area contributed by atoms with Crippen LogP contribution in [0.3, 0.4) is 0 Å². The van der Waals surface area contributed by atoms with Gasteiger partial charge >= 0.3 is 0 Å². The standard InChI is InChI=1S/C31H40BrN3O2/c1-23(2)18-29(36)35-21-26(28(22-35)25-6-4-3-5-7-25)20-33-15-12-31(13-16-33)14-17-34(30(31)37)19-24-8-10-27(32)11-9-24/h3-11,23,26,28H,12-22H2,1-2H3. The molecule has 3 aliphatic heterocycles. The molecule has 2 amide bonds. The Kier molecular flexibility index (Phi) is 8.06. The highest BCUT2D eigenvalue weighted by atomic mass is 79.9. The van der Waals surface area contributed by atoms with E-state index in [1.807, 2.05) is 12.1 Å². The molecular formula is C31H40BrN3O2. The van der Waals surface area contributed by atoms with E-state index in [0.29, 0.717) is 42.5 Å². The van der Waals surface area contributed by atoms with Gasteiger partial charge in [-0.25, -0.2) is 0 Å². The van der Waals surface area contributed by atoms with Crippen LogP contribution in [0.1, 0.15) is 56.6 Å². The van der Waals surface area contributed by atoms with Gasteiger partial charge in [0.2, 0.25) is 11.8 Å². The first-order chi connectivity index (χ1) is 17.8. The average molecular weight is 567 g/mol. The summed E-state index contributed by atoms with van der Waals surface area (Å²) in [6, 6.07) is 19.0. The quantitative estimate of drug-likeness (QED) is 0.442. The highest BCUT2D eigenvalue weighted by molar-refractivity contribution is 9.10. The monoisotopic (exact) mass is 565 g/mol. The molecule has 0 radical (unpaired) electrons. The van der Waals surface area contributed by atoms with Crippen LogP contribution >= 0.6 is 15.9 Å². The van der Waals surface area contributed by atoms with E-state index in [2.05, 4.69) is 86.9 Å². The molecule has 0 bridgehead atoms. The minimum Gasteiger partial charge on any atom is -0.342 e. The summed E-state index contributed by atoms with van der Waals surface area (Å²) in [5.41, 5.74) is 2.35. The minimum absolute atomic E-state index is 0.181. The third-order valence-corrected chi connectivity index (χ3v) is 9.33. The number of nitrogens with zero attached hydrogens (tertiary/aromatic N) is 3. The van der Waals surface area contributed by atoms with Gasteiger partial charge in [0.15, 0.2) is 0 Å². The fraction of sp³-hybridized carbons (Fsp3) is 0.548. The first kappa shape index (κ1) is 26.4. The molecule has 2 atom stereocenters. The second-order valence-electron chi connectivity index (χ2n) is 11.9. The Labute approximate surface area is 230 Å². The maximum absolute atomic E-state index is 13.5. The molecule has 3 fully saturated rings. The van der Waals surface area contributed by atoms with Crippen molar-refractivity contribution < 1.29 is 9.59 Å². The van der Waals surface area contributed by atoms with Gasteiger partial charge < -0.3 is 14.7 Å². The van der Waals surface area contributed by atoms with Crippen molar-refractivity contribution in [3.63, 3.8) is 0 Å². The SMILES string of the molecule is CC(C)CC(=O)N1CC(CN2CCC3(CC2)CCN(Cc2ccc(Br)cc2)C3=O)C(c2ccccc2)C1. The normalized spacial score (nSPS) is 23.9. The average Bonchev–Trinajstić information content (AvgIpc) is 3.44. The lowest BCUT2D eigenvalue weighted by molar-refractivity contribution is -0.139. The molecule has 2 aromatic carbocycles. The van der Waals surface area contributed by atoms with Gasteiger partial charge in [-0.15, -0.1) is 0 Å². The zero-order valence-electron chi connectivity index (χ0n) is 22.2. The van der Waals surface area contributed by atoms with Gasteiger partial charge in [0.05, 0.1) is 5.41 Å². The molecule has 2 unspecified atom stereocenters. The highest BCUT2D eigenvalue weighted by Crippen LogP contribution is 2.43. The molecule has 198 valence electrons. The van der Waals surface area contributed by atoms with Crippen molar-refractivity contribution in [1.29, 1.82) is 0 Å². The third kappa shape index (κ3) is 5.96. The Morgan fingerprint density at radius 3 is 2.32 bits per heavy atom. The van der Waals surface area contributed by atoms with E-state index in [1.54, 1.807) is 0 Å². The van der Waals surface area contributed by atoms with Gasteiger partial charge in [-0.2, -0.15) is 0 Å². The Bertz CT molecular complexity index is 1080. The molecule has 3 aliphatic rings. The Morgan fingerprint density at radius 2 is 1.65 bits per heavy atom. The molecule has 5 nitrogen and oxygen atoms in total. The molecule has 0 N–H and O–H groups in total. The molecule has 2 aromatic rings. The van der Waals surface area contributed by atoms with Crippen LogP contribution in [-0.4, -0.2) is 65.8 Å². The van der Waals surface area contributed by atoms with E-state index >= 15 is 0 Å². The zero-order chi connectivity index (χ0) is 26.0. The van der Waals surface area contributed by atoms with Crippen molar-refractivity contribution in [2.75, 3.05) is 39.3 Å². The maximum Gasteiger partial charge on any atom is 0.229 e. The number of amides is 2. The van der Waals surface area contributed by atoms with E-state index in [0.717, 1.165) is 63.0 Å². The van der Waals surface area contributed by atoms with E-state index < -0.39 is 0 Å². The van der Waals surface area contributed by atoms with Gasteiger partial charge in [-0.3, -0.25) is 9.59 Å². The topological polar surface area (TPSA) is 43.9 Å². The van der Waals surface area contributed by atoms with Crippen LogP contribution in [0, 0.1) is 17.3 Å². The van der Waals surface area contributed by atoms with Gasteiger partial charge in [0, 0.05) is 49.5 Å². The zero-order valence-corrected chi connectivity index (χ0v) is 23.8. The van der Waals surface area contributed by atoms with Gasteiger partial charge in [-0.05, 0) is 67.4 Å². The summed E-state index contributed by atoms with van der Waals surface area (Å²) in [5, 5.41) is 0. The Morgan fingerprint density at radius 1 is 0.973 bits per heavy atom. The predicted octanol–water partition coefficient (Wildman–Crippen LogP) is 5.55. The van der Waals surface area contributed by atoms with Crippen molar-refractivity contribution >= 4 is 27.7 Å². The lowest BCUT2D eigenvalue weighted by atomic mass is 9.76. The Hall–Kier alpha value is -2.18. The van der Waals surface area contributed by atoms with Crippen LogP contribution in [0.25, 0.3) is 0 Å². The summed E-state index contributed by atoms with van der Waals surface area (Å²) in [6.45, 7) is 10.4. The summed E-state index contributed by atoms with van der Waals surface area (Å²) < 4.78 is 1.07. The van der Waals surface area contributed by atoms with Crippen molar-refractivity contribution in [2.45, 2.75) is 52.0 Å². The van der Waals surface area contributed by atoms with E-state index in [1.165, 1.54) is 11.1 Å². The van der Waals surface area contributed by atoms with E-state index in [-0.39, 0.29) is 5.41 Å². The van der Waals surface area contributed by atoms with Crippen molar-refractivity contribution in [1.82, 2.24) is 14.7 Å². The number of likely N-dealkylation sites (tertiary alicyclic amines) is 3. The maximum atomic E-state index is 13.5. The number of halogens is 1. The summed E-state index contributed by atoms with van der Waals surface area (Å²) >= 11 is 3.50. The van der Waals surface area contributed by atoms with Crippen LogP contribution in [0.4, 0.5) is 0 Å². The number of benzene rings is 2. The number of hydrogen-bond acceptors (Lipinski definition) is 3. The smallest absolute Gasteiger partial charge is 0.229 e. The summed E-state index contributed by atoms with van der Waals surface area (Å²) in [5.74, 6) is 1.83. The lowest BCUT2D eigenvalue weighted by Gasteiger charge is -2.39. The summed E-state index contributed by atoms with van der Waals surface area (Å²) in [4.78, 5) is 33.2. The fourth-order valence-electron chi connectivity index (χ4n) is 6.63. The molecule has 0 saturated carbocycles.